The average molecular weight is 334 g/mol. The van der Waals surface area contributed by atoms with Gasteiger partial charge >= 0.3 is 0 Å². The molecule has 0 radical (unpaired) electrons. The minimum absolute atomic E-state index is 0.0354. The summed E-state index contributed by atoms with van der Waals surface area (Å²) in [5.41, 5.74) is 2.40. The molecule has 0 unspecified atom stereocenters. The summed E-state index contributed by atoms with van der Waals surface area (Å²) in [5.74, 6) is 0.501. The Morgan fingerprint density at radius 1 is 1.04 bits per heavy atom. The van der Waals surface area contributed by atoms with E-state index < -0.39 is 0 Å². The highest BCUT2D eigenvalue weighted by Gasteiger charge is 2.15. The van der Waals surface area contributed by atoms with Crippen LogP contribution in [0.1, 0.15) is 12.8 Å². The number of likely N-dealkylation sites (tertiary alicyclic amines) is 1. The fraction of sp³-hybridized carbons (Fsp3) is 0.278. The Labute approximate surface area is 145 Å². The molecule has 4 rings (SSSR count). The van der Waals surface area contributed by atoms with E-state index in [2.05, 4.69) is 30.2 Å². The van der Waals surface area contributed by atoms with Crippen molar-refractivity contribution in [3.05, 3.63) is 43.1 Å². The monoisotopic (exact) mass is 334 g/mol. The van der Waals surface area contributed by atoms with Crippen molar-refractivity contribution < 1.29 is 4.79 Å². The second-order valence-electron chi connectivity index (χ2n) is 6.11. The molecule has 1 fully saturated rings. The molecule has 0 bridgehead atoms. The molecule has 3 aromatic heterocycles. The van der Waals surface area contributed by atoms with Gasteiger partial charge in [0.1, 0.15) is 5.82 Å². The zero-order chi connectivity index (χ0) is 17.1. The molecular formula is C18H18N6O. The second kappa shape index (κ2) is 6.90. The molecule has 7 nitrogen and oxygen atoms in total. The lowest BCUT2D eigenvalue weighted by atomic mass is 10.1. The van der Waals surface area contributed by atoms with Gasteiger partial charge in [-0.2, -0.15) is 0 Å². The van der Waals surface area contributed by atoms with Crippen LogP contribution in [0.3, 0.4) is 0 Å². The first kappa shape index (κ1) is 15.6. The third kappa shape index (κ3) is 3.61. The van der Waals surface area contributed by atoms with Crippen LogP contribution in [0.5, 0.6) is 0 Å². The second-order valence-corrected chi connectivity index (χ2v) is 6.11. The van der Waals surface area contributed by atoms with Gasteiger partial charge in [-0.05, 0) is 38.1 Å². The maximum atomic E-state index is 12.2. The summed E-state index contributed by atoms with van der Waals surface area (Å²) >= 11 is 0. The molecule has 0 aromatic carbocycles. The van der Waals surface area contributed by atoms with Crippen LogP contribution in [0.2, 0.25) is 0 Å². The van der Waals surface area contributed by atoms with Crippen LogP contribution in [0, 0.1) is 0 Å². The summed E-state index contributed by atoms with van der Waals surface area (Å²) in [6, 6.07) is 3.81. The molecular weight excluding hydrogens is 316 g/mol. The molecule has 1 saturated heterocycles. The number of fused-ring (bicyclic) bond motifs is 1. The number of hydrogen-bond acceptors (Lipinski definition) is 6. The highest BCUT2D eigenvalue weighted by atomic mass is 16.2. The van der Waals surface area contributed by atoms with Crippen LogP contribution >= 0.6 is 0 Å². The Morgan fingerprint density at radius 3 is 2.72 bits per heavy atom. The number of rotatable bonds is 4. The van der Waals surface area contributed by atoms with Gasteiger partial charge in [-0.25, -0.2) is 4.98 Å². The number of hydrogen-bond donors (Lipinski definition) is 1. The minimum Gasteiger partial charge on any atom is -0.310 e. The molecule has 0 aliphatic carbocycles. The topological polar surface area (TPSA) is 83.9 Å². The fourth-order valence-corrected chi connectivity index (χ4v) is 3.01. The zero-order valence-electron chi connectivity index (χ0n) is 13.7. The van der Waals surface area contributed by atoms with Crippen LogP contribution in [0.15, 0.2) is 43.1 Å². The third-order valence-corrected chi connectivity index (χ3v) is 4.26. The van der Waals surface area contributed by atoms with E-state index >= 15 is 0 Å². The van der Waals surface area contributed by atoms with Crippen molar-refractivity contribution in [3.63, 3.8) is 0 Å². The number of anilines is 1. The number of amides is 1. The maximum absolute atomic E-state index is 12.2. The predicted molar refractivity (Wildman–Crippen MR) is 94.9 cm³/mol. The van der Waals surface area contributed by atoms with Gasteiger partial charge in [0.25, 0.3) is 0 Å². The van der Waals surface area contributed by atoms with Crippen molar-refractivity contribution in [1.82, 2.24) is 24.8 Å². The first-order chi connectivity index (χ1) is 12.3. The van der Waals surface area contributed by atoms with E-state index in [0.29, 0.717) is 12.4 Å². The quantitative estimate of drug-likeness (QED) is 0.787. The predicted octanol–water partition coefficient (Wildman–Crippen LogP) is 2.12. The highest BCUT2D eigenvalue weighted by Crippen LogP contribution is 2.21. The number of carbonyl (C=O) groups is 1. The molecule has 1 amide bonds. The summed E-state index contributed by atoms with van der Waals surface area (Å²) in [5, 5.41) is 3.77. The average Bonchev–Trinajstić information content (AvgIpc) is 3.14. The maximum Gasteiger partial charge on any atom is 0.239 e. The van der Waals surface area contributed by atoms with Crippen LogP contribution in [0.25, 0.3) is 22.2 Å². The van der Waals surface area contributed by atoms with Gasteiger partial charge in [0, 0.05) is 29.5 Å². The van der Waals surface area contributed by atoms with E-state index in [1.165, 1.54) is 12.8 Å². The largest absolute Gasteiger partial charge is 0.310 e. The summed E-state index contributed by atoms with van der Waals surface area (Å²) in [7, 11) is 0. The van der Waals surface area contributed by atoms with Crippen molar-refractivity contribution in [2.24, 2.45) is 0 Å². The molecule has 126 valence electrons. The van der Waals surface area contributed by atoms with E-state index in [4.69, 9.17) is 0 Å². The number of aromatic nitrogens is 4. The molecule has 25 heavy (non-hydrogen) atoms. The van der Waals surface area contributed by atoms with Gasteiger partial charge in [0.2, 0.25) is 5.91 Å². The van der Waals surface area contributed by atoms with E-state index in [1.54, 1.807) is 31.0 Å². The first-order valence-corrected chi connectivity index (χ1v) is 8.32. The minimum atomic E-state index is -0.0354. The first-order valence-electron chi connectivity index (χ1n) is 8.32. The summed E-state index contributed by atoms with van der Waals surface area (Å²) in [6.45, 7) is 2.39. The van der Waals surface area contributed by atoms with Crippen LogP contribution < -0.4 is 5.32 Å². The summed E-state index contributed by atoms with van der Waals surface area (Å²) in [4.78, 5) is 31.4. The Bertz CT molecular complexity index is 892. The summed E-state index contributed by atoms with van der Waals surface area (Å²) < 4.78 is 0. The van der Waals surface area contributed by atoms with Crippen molar-refractivity contribution in [2.45, 2.75) is 12.8 Å². The van der Waals surface area contributed by atoms with Gasteiger partial charge in [0.05, 0.1) is 30.1 Å². The molecule has 3 aromatic rings. The molecule has 7 heteroatoms. The molecule has 1 aliphatic heterocycles. The number of pyridine rings is 2. The molecule has 1 N–H and O–H groups in total. The Morgan fingerprint density at radius 2 is 1.92 bits per heavy atom. The Hall–Kier alpha value is -2.93. The lowest BCUT2D eigenvalue weighted by molar-refractivity contribution is -0.117. The lowest BCUT2D eigenvalue weighted by Crippen LogP contribution is -2.31. The van der Waals surface area contributed by atoms with Crippen molar-refractivity contribution >= 4 is 22.6 Å². The molecule has 1 aliphatic rings. The lowest BCUT2D eigenvalue weighted by Gasteiger charge is -2.13. The van der Waals surface area contributed by atoms with Crippen LogP contribution in [-0.4, -0.2) is 50.4 Å². The smallest absolute Gasteiger partial charge is 0.239 e. The van der Waals surface area contributed by atoms with Crippen LogP contribution in [0.4, 0.5) is 5.82 Å². The standard InChI is InChI=1S/C18H18N6O/c25-18(12-24-5-1-2-6-24)23-17-8-13-7-14(9-21-16(13)11-22-17)15-10-19-3-4-20-15/h3-4,7-11H,1-2,5-6,12H2,(H,22,23,25). The highest BCUT2D eigenvalue weighted by molar-refractivity contribution is 5.93. The van der Waals surface area contributed by atoms with E-state index in [1.807, 2.05) is 12.1 Å². The number of nitrogens with one attached hydrogen (secondary N) is 1. The third-order valence-electron chi connectivity index (χ3n) is 4.26. The van der Waals surface area contributed by atoms with Gasteiger partial charge in [0.15, 0.2) is 0 Å². The fourth-order valence-electron chi connectivity index (χ4n) is 3.01. The van der Waals surface area contributed by atoms with Gasteiger partial charge in [-0.15, -0.1) is 0 Å². The van der Waals surface area contributed by atoms with E-state index in [0.717, 1.165) is 35.2 Å². The Balaban J connectivity index is 1.55. The van der Waals surface area contributed by atoms with Crippen LogP contribution in [-0.2, 0) is 4.79 Å². The van der Waals surface area contributed by atoms with Crippen molar-refractivity contribution in [3.8, 4) is 11.3 Å². The molecule has 4 heterocycles. The van der Waals surface area contributed by atoms with Crippen molar-refractivity contribution in [1.29, 1.82) is 0 Å². The normalized spacial score (nSPS) is 14.7. The van der Waals surface area contributed by atoms with E-state index in [-0.39, 0.29) is 5.91 Å². The number of carbonyl (C=O) groups excluding carboxylic acids is 1. The van der Waals surface area contributed by atoms with Crippen molar-refractivity contribution in [2.75, 3.05) is 25.0 Å². The zero-order valence-corrected chi connectivity index (χ0v) is 13.7. The van der Waals surface area contributed by atoms with Gasteiger partial charge in [-0.3, -0.25) is 24.6 Å². The molecule has 0 atom stereocenters. The van der Waals surface area contributed by atoms with Gasteiger partial charge < -0.3 is 5.32 Å². The Kier molecular flexibility index (Phi) is 4.30. The number of nitrogens with zero attached hydrogens (tertiary/aromatic N) is 5. The molecule has 0 saturated carbocycles. The molecule has 0 spiro atoms. The summed E-state index contributed by atoms with van der Waals surface area (Å²) in [6.07, 6.45) is 10.7. The SMILES string of the molecule is O=C(CN1CCCC1)Nc1cc2cc(-c3cnccn3)cnc2cn1. The van der Waals surface area contributed by atoms with E-state index in [9.17, 15) is 4.79 Å². The van der Waals surface area contributed by atoms with Gasteiger partial charge in [-0.1, -0.05) is 0 Å².